The maximum absolute atomic E-state index is 10.6. The number of anilines is 1. The fourth-order valence-electron chi connectivity index (χ4n) is 1.39. The fourth-order valence-corrected chi connectivity index (χ4v) is 1.65. The highest BCUT2D eigenvalue weighted by atomic mass is 79.9. The van der Waals surface area contributed by atoms with Crippen molar-refractivity contribution in [3.63, 3.8) is 0 Å². The molecule has 0 radical (unpaired) electrons. The summed E-state index contributed by atoms with van der Waals surface area (Å²) in [4.78, 5) is 10.6. The molecule has 0 fully saturated rings. The van der Waals surface area contributed by atoms with Gasteiger partial charge in [-0.3, -0.25) is 0 Å². The molecule has 0 spiro atoms. The molecule has 0 bridgehead atoms. The van der Waals surface area contributed by atoms with Crippen molar-refractivity contribution in [3.8, 4) is 0 Å². The second-order valence-electron chi connectivity index (χ2n) is 3.61. The number of carbonyl (C=O) groups is 1. The minimum atomic E-state index is -1.07. The number of hydrogen-bond donors (Lipinski definition) is 2. The van der Waals surface area contributed by atoms with Crippen molar-refractivity contribution in [1.82, 2.24) is 15.0 Å². The zero-order valence-electron chi connectivity index (χ0n) is 9.38. The highest BCUT2D eigenvalue weighted by Crippen LogP contribution is 2.13. The van der Waals surface area contributed by atoms with Crippen molar-refractivity contribution in [2.75, 3.05) is 11.9 Å². The van der Waals surface area contributed by atoms with Crippen molar-refractivity contribution < 1.29 is 9.90 Å². The highest BCUT2D eigenvalue weighted by molar-refractivity contribution is 9.10. The summed E-state index contributed by atoms with van der Waals surface area (Å²) in [6.07, 6.45) is 1.41. The molecule has 0 amide bonds. The molecular formula is C11H11BrN4O2. The van der Waals surface area contributed by atoms with Crippen LogP contribution in [0.1, 0.15) is 10.5 Å². The van der Waals surface area contributed by atoms with Crippen LogP contribution in [0.25, 0.3) is 0 Å². The lowest BCUT2D eigenvalue weighted by atomic mass is 10.3. The fraction of sp³-hybridized carbons (Fsp3) is 0.182. The SMILES string of the molecule is O=C(O)c1cn(CCNc2ccc(Br)cc2)nn1. The number of aromatic carboxylic acids is 1. The molecule has 7 heteroatoms. The van der Waals surface area contributed by atoms with E-state index in [1.54, 1.807) is 0 Å². The molecule has 0 unspecified atom stereocenters. The summed E-state index contributed by atoms with van der Waals surface area (Å²) in [5, 5.41) is 19.1. The number of halogens is 1. The van der Waals surface area contributed by atoms with Gasteiger partial charge in [0.15, 0.2) is 5.69 Å². The molecule has 1 heterocycles. The molecule has 2 rings (SSSR count). The summed E-state index contributed by atoms with van der Waals surface area (Å²) in [6.45, 7) is 1.19. The van der Waals surface area contributed by atoms with Crippen molar-refractivity contribution in [1.29, 1.82) is 0 Å². The van der Waals surface area contributed by atoms with Gasteiger partial charge in [-0.15, -0.1) is 5.10 Å². The summed E-state index contributed by atoms with van der Waals surface area (Å²) in [5.41, 5.74) is 0.954. The number of hydrogen-bond acceptors (Lipinski definition) is 4. The van der Waals surface area contributed by atoms with Gasteiger partial charge in [-0.1, -0.05) is 21.1 Å². The smallest absolute Gasteiger partial charge is 0.358 e. The van der Waals surface area contributed by atoms with Gasteiger partial charge in [0.25, 0.3) is 0 Å². The summed E-state index contributed by atoms with van der Waals surface area (Å²) in [5.74, 6) is -1.07. The molecule has 0 aliphatic heterocycles. The monoisotopic (exact) mass is 310 g/mol. The second kappa shape index (κ2) is 5.63. The molecule has 1 aromatic heterocycles. The molecular weight excluding hydrogens is 300 g/mol. The second-order valence-corrected chi connectivity index (χ2v) is 4.52. The van der Waals surface area contributed by atoms with E-state index < -0.39 is 5.97 Å². The van der Waals surface area contributed by atoms with E-state index in [9.17, 15) is 4.79 Å². The number of aromatic nitrogens is 3. The molecule has 6 nitrogen and oxygen atoms in total. The molecule has 94 valence electrons. The summed E-state index contributed by atoms with van der Waals surface area (Å²) >= 11 is 3.36. The van der Waals surface area contributed by atoms with Crippen LogP contribution >= 0.6 is 15.9 Å². The van der Waals surface area contributed by atoms with Gasteiger partial charge in [0.2, 0.25) is 0 Å². The van der Waals surface area contributed by atoms with Crippen LogP contribution in [-0.4, -0.2) is 32.6 Å². The van der Waals surface area contributed by atoms with Gasteiger partial charge < -0.3 is 10.4 Å². The normalized spacial score (nSPS) is 10.3. The first-order valence-corrected chi connectivity index (χ1v) is 6.07. The van der Waals surface area contributed by atoms with Crippen LogP contribution < -0.4 is 5.32 Å². The average Bonchev–Trinajstić information content (AvgIpc) is 2.81. The summed E-state index contributed by atoms with van der Waals surface area (Å²) in [6, 6.07) is 7.79. The third-order valence-electron chi connectivity index (χ3n) is 2.27. The Labute approximate surface area is 112 Å². The van der Waals surface area contributed by atoms with E-state index in [1.165, 1.54) is 10.9 Å². The number of nitrogens with zero attached hydrogens (tertiary/aromatic N) is 3. The Morgan fingerprint density at radius 1 is 1.39 bits per heavy atom. The van der Waals surface area contributed by atoms with E-state index in [4.69, 9.17) is 5.11 Å². The molecule has 0 atom stereocenters. The van der Waals surface area contributed by atoms with E-state index >= 15 is 0 Å². The standard InChI is InChI=1S/C11H11BrN4O2/c12-8-1-3-9(4-2-8)13-5-6-16-7-10(11(17)18)14-15-16/h1-4,7,13H,5-6H2,(H,17,18). The van der Waals surface area contributed by atoms with Gasteiger partial charge in [-0.25, -0.2) is 9.48 Å². The van der Waals surface area contributed by atoms with Crippen LogP contribution in [0.3, 0.4) is 0 Å². The van der Waals surface area contributed by atoms with Gasteiger partial charge in [-0.05, 0) is 24.3 Å². The summed E-state index contributed by atoms with van der Waals surface area (Å²) < 4.78 is 2.52. The van der Waals surface area contributed by atoms with E-state index in [0.717, 1.165) is 10.2 Å². The van der Waals surface area contributed by atoms with Crippen LogP contribution in [0.4, 0.5) is 5.69 Å². The van der Waals surface area contributed by atoms with Crippen LogP contribution in [0.2, 0.25) is 0 Å². The minimum Gasteiger partial charge on any atom is -0.476 e. The Hall–Kier alpha value is -1.89. The van der Waals surface area contributed by atoms with E-state index in [1.807, 2.05) is 24.3 Å². The summed E-state index contributed by atoms with van der Waals surface area (Å²) in [7, 11) is 0. The average molecular weight is 311 g/mol. The maximum atomic E-state index is 10.6. The first-order valence-electron chi connectivity index (χ1n) is 5.28. The van der Waals surface area contributed by atoms with Gasteiger partial charge in [0.05, 0.1) is 12.7 Å². The third kappa shape index (κ3) is 3.30. The first-order chi connectivity index (χ1) is 8.65. The molecule has 1 aromatic carbocycles. The predicted molar refractivity (Wildman–Crippen MR) is 69.6 cm³/mol. The number of benzene rings is 1. The Bertz CT molecular complexity index is 538. The molecule has 0 aliphatic carbocycles. The molecule has 2 N–H and O–H groups in total. The van der Waals surface area contributed by atoms with Crippen molar-refractivity contribution in [3.05, 3.63) is 40.6 Å². The van der Waals surface area contributed by atoms with E-state index in [2.05, 4.69) is 31.6 Å². The lowest BCUT2D eigenvalue weighted by Crippen LogP contribution is -2.11. The van der Waals surface area contributed by atoms with E-state index in [0.29, 0.717) is 13.1 Å². The molecule has 2 aromatic rings. The first kappa shape index (κ1) is 12.6. The molecule has 0 aliphatic rings. The lowest BCUT2D eigenvalue weighted by Gasteiger charge is -2.05. The van der Waals surface area contributed by atoms with E-state index in [-0.39, 0.29) is 5.69 Å². The quantitative estimate of drug-likeness (QED) is 0.881. The number of rotatable bonds is 5. The van der Waals surface area contributed by atoms with Crippen LogP contribution in [0.5, 0.6) is 0 Å². The Balaban J connectivity index is 1.84. The largest absolute Gasteiger partial charge is 0.476 e. The Morgan fingerprint density at radius 3 is 2.72 bits per heavy atom. The highest BCUT2D eigenvalue weighted by Gasteiger charge is 2.07. The zero-order chi connectivity index (χ0) is 13.0. The maximum Gasteiger partial charge on any atom is 0.358 e. The topological polar surface area (TPSA) is 80.0 Å². The van der Waals surface area contributed by atoms with Crippen LogP contribution in [-0.2, 0) is 6.54 Å². The Kier molecular flexibility index (Phi) is 3.93. The van der Waals surface area contributed by atoms with Gasteiger partial charge in [0.1, 0.15) is 0 Å². The van der Waals surface area contributed by atoms with Gasteiger partial charge in [-0.2, -0.15) is 0 Å². The number of carboxylic acid groups (broad SMARTS) is 1. The lowest BCUT2D eigenvalue weighted by molar-refractivity contribution is 0.0690. The van der Waals surface area contributed by atoms with Crippen LogP contribution in [0, 0.1) is 0 Å². The Morgan fingerprint density at radius 2 is 2.11 bits per heavy atom. The van der Waals surface area contributed by atoms with Crippen molar-refractivity contribution >= 4 is 27.6 Å². The molecule has 0 saturated carbocycles. The van der Waals surface area contributed by atoms with Crippen LogP contribution in [0.15, 0.2) is 34.9 Å². The number of nitrogens with one attached hydrogen (secondary N) is 1. The van der Waals surface area contributed by atoms with Crippen molar-refractivity contribution in [2.45, 2.75) is 6.54 Å². The molecule has 0 saturated heterocycles. The van der Waals surface area contributed by atoms with Gasteiger partial charge in [0, 0.05) is 16.7 Å². The minimum absolute atomic E-state index is 0.0429. The molecule has 18 heavy (non-hydrogen) atoms. The van der Waals surface area contributed by atoms with Gasteiger partial charge >= 0.3 is 5.97 Å². The third-order valence-corrected chi connectivity index (χ3v) is 2.80. The number of carboxylic acids is 1. The predicted octanol–water partition coefficient (Wildman–Crippen LogP) is 1.85. The van der Waals surface area contributed by atoms with Crippen molar-refractivity contribution in [2.24, 2.45) is 0 Å². The zero-order valence-corrected chi connectivity index (χ0v) is 11.0.